The van der Waals surface area contributed by atoms with Gasteiger partial charge in [0.15, 0.2) is 5.69 Å². The van der Waals surface area contributed by atoms with E-state index in [1.807, 2.05) is 37.3 Å². The molecule has 0 spiro atoms. The highest BCUT2D eigenvalue weighted by molar-refractivity contribution is 6.19. The number of phenolic OH excluding ortho intramolecular Hbond substituents is 1. The predicted molar refractivity (Wildman–Crippen MR) is 153 cm³/mol. The highest BCUT2D eigenvalue weighted by Gasteiger charge is 2.36. The topological polar surface area (TPSA) is 121 Å². The minimum Gasteiger partial charge on any atom is -0.508 e. The molecule has 1 unspecified atom stereocenters. The van der Waals surface area contributed by atoms with E-state index in [2.05, 4.69) is 15.6 Å². The number of amides is 2. The Labute approximate surface area is 235 Å². The van der Waals surface area contributed by atoms with Gasteiger partial charge < -0.3 is 20.4 Å². The fourth-order valence-corrected chi connectivity index (χ4v) is 5.88. The lowest BCUT2D eigenvalue weighted by Crippen LogP contribution is -2.30. The van der Waals surface area contributed by atoms with Gasteiger partial charge >= 0.3 is 0 Å². The van der Waals surface area contributed by atoms with Gasteiger partial charge in [-0.2, -0.15) is 0 Å². The van der Waals surface area contributed by atoms with Crippen LogP contribution in [0.2, 0.25) is 0 Å². The first kappa shape index (κ1) is 25.9. The van der Waals surface area contributed by atoms with E-state index in [1.54, 1.807) is 34.0 Å². The number of aryl methyl sites for hydroxylation is 1. The van der Waals surface area contributed by atoms with Crippen LogP contribution in [-0.4, -0.2) is 49.4 Å². The Morgan fingerprint density at radius 2 is 2.05 bits per heavy atom. The number of benzene rings is 2. The van der Waals surface area contributed by atoms with Crippen LogP contribution in [0, 0.1) is 12.8 Å². The van der Waals surface area contributed by atoms with Crippen LogP contribution in [0.1, 0.15) is 46.8 Å². The SMILES string of the molecule is Cc1cccc2c(O)cc3c(c12)[C@H](CCl)CN3C(=O)c1cn(C2=CC=C(NC(=O)C3C=CC(O)=CC3)CC2)nn1. The molecule has 2 amide bonds. The van der Waals surface area contributed by atoms with Crippen LogP contribution in [0.25, 0.3) is 16.5 Å². The fraction of sp³-hybridized carbons (Fsp3) is 0.267. The number of aliphatic hydroxyl groups excluding tert-OH is 1. The van der Waals surface area contributed by atoms with Crippen LogP contribution < -0.4 is 10.2 Å². The summed E-state index contributed by atoms with van der Waals surface area (Å²) in [6, 6.07) is 7.40. The van der Waals surface area contributed by atoms with Crippen LogP contribution >= 0.6 is 11.6 Å². The van der Waals surface area contributed by atoms with Crippen LogP contribution in [0.5, 0.6) is 5.75 Å². The molecule has 3 aliphatic rings. The van der Waals surface area contributed by atoms with E-state index < -0.39 is 0 Å². The molecule has 2 aromatic carbocycles. The molecule has 2 atom stereocenters. The molecule has 0 fully saturated rings. The molecule has 204 valence electrons. The number of hydrogen-bond acceptors (Lipinski definition) is 6. The molecule has 0 bridgehead atoms. The maximum atomic E-state index is 13.6. The van der Waals surface area contributed by atoms with Gasteiger partial charge in [0.2, 0.25) is 5.91 Å². The summed E-state index contributed by atoms with van der Waals surface area (Å²) in [5.74, 6) is -0.195. The predicted octanol–water partition coefficient (Wildman–Crippen LogP) is 5.08. The number of alkyl halides is 1. The molecule has 1 aromatic heterocycles. The highest BCUT2D eigenvalue weighted by Crippen LogP contribution is 2.46. The Morgan fingerprint density at radius 1 is 1.20 bits per heavy atom. The number of carbonyl (C=O) groups excluding carboxylic acids is 2. The number of fused-ring (bicyclic) bond motifs is 3. The summed E-state index contributed by atoms with van der Waals surface area (Å²) in [5.41, 5.74) is 4.44. The van der Waals surface area contributed by atoms with Crippen molar-refractivity contribution in [3.05, 3.63) is 89.1 Å². The Morgan fingerprint density at radius 3 is 2.77 bits per heavy atom. The average molecular weight is 558 g/mol. The number of anilines is 1. The summed E-state index contributed by atoms with van der Waals surface area (Å²) < 4.78 is 1.58. The van der Waals surface area contributed by atoms with Crippen molar-refractivity contribution < 1.29 is 19.8 Å². The minimum atomic E-state index is -0.316. The van der Waals surface area contributed by atoms with Gasteiger partial charge in [-0.15, -0.1) is 16.7 Å². The molecule has 3 aromatic rings. The van der Waals surface area contributed by atoms with Crippen molar-refractivity contribution in [2.75, 3.05) is 17.3 Å². The van der Waals surface area contributed by atoms with Gasteiger partial charge in [-0.05, 0) is 67.0 Å². The molecular weight excluding hydrogens is 530 g/mol. The molecular formula is C30H28ClN5O4. The molecule has 0 saturated carbocycles. The molecule has 3 N–H and O–H groups in total. The molecule has 10 heteroatoms. The summed E-state index contributed by atoms with van der Waals surface area (Å²) >= 11 is 6.36. The maximum absolute atomic E-state index is 13.6. The van der Waals surface area contributed by atoms with Gasteiger partial charge in [0.25, 0.3) is 5.91 Å². The summed E-state index contributed by atoms with van der Waals surface area (Å²) in [5, 5.41) is 33.2. The quantitative estimate of drug-likeness (QED) is 0.376. The number of allylic oxidation sites excluding steroid dienone is 6. The van der Waals surface area contributed by atoms with Crippen LogP contribution in [0.3, 0.4) is 0 Å². The monoisotopic (exact) mass is 557 g/mol. The second-order valence-electron chi connectivity index (χ2n) is 10.3. The lowest BCUT2D eigenvalue weighted by atomic mass is 9.92. The fourth-order valence-electron chi connectivity index (χ4n) is 5.63. The van der Waals surface area contributed by atoms with Gasteiger partial charge in [-0.3, -0.25) is 9.59 Å². The number of aliphatic hydroxyl groups is 1. The van der Waals surface area contributed by atoms with Crippen molar-refractivity contribution in [1.82, 2.24) is 20.3 Å². The van der Waals surface area contributed by atoms with Crippen LogP contribution in [-0.2, 0) is 4.79 Å². The summed E-state index contributed by atoms with van der Waals surface area (Å²) in [6.07, 6.45) is 11.8. The first-order valence-electron chi connectivity index (χ1n) is 13.2. The van der Waals surface area contributed by atoms with Gasteiger partial charge in [0.1, 0.15) is 11.5 Å². The van der Waals surface area contributed by atoms with E-state index >= 15 is 0 Å². The summed E-state index contributed by atoms with van der Waals surface area (Å²) in [4.78, 5) is 27.8. The molecule has 40 heavy (non-hydrogen) atoms. The number of nitrogens with one attached hydrogen (secondary N) is 1. The van der Waals surface area contributed by atoms with E-state index in [9.17, 15) is 19.8 Å². The Balaban J connectivity index is 1.21. The lowest BCUT2D eigenvalue weighted by Gasteiger charge is -2.19. The first-order valence-corrected chi connectivity index (χ1v) is 13.7. The second-order valence-corrected chi connectivity index (χ2v) is 10.6. The van der Waals surface area contributed by atoms with Crippen LogP contribution in [0.15, 0.2) is 72.3 Å². The zero-order chi connectivity index (χ0) is 28.0. The summed E-state index contributed by atoms with van der Waals surface area (Å²) in [6.45, 7) is 2.38. The van der Waals surface area contributed by atoms with Crippen LogP contribution in [0.4, 0.5) is 5.69 Å². The number of hydrogen-bond donors (Lipinski definition) is 3. The normalized spacial score (nSPS) is 20.1. The third kappa shape index (κ3) is 4.56. The van der Waals surface area contributed by atoms with Gasteiger partial charge in [0, 0.05) is 41.2 Å². The third-order valence-corrected chi connectivity index (χ3v) is 8.11. The van der Waals surface area contributed by atoms with Crippen molar-refractivity contribution in [3.63, 3.8) is 0 Å². The van der Waals surface area contributed by atoms with E-state index in [0.717, 1.165) is 33.3 Å². The molecule has 0 saturated heterocycles. The second kappa shape index (κ2) is 10.3. The molecule has 6 rings (SSSR count). The smallest absolute Gasteiger partial charge is 0.280 e. The number of aromatic hydroxyl groups is 1. The van der Waals surface area contributed by atoms with Gasteiger partial charge in [-0.1, -0.05) is 29.5 Å². The molecule has 2 aliphatic carbocycles. The Bertz CT molecular complexity index is 1670. The maximum Gasteiger partial charge on any atom is 0.280 e. The molecule has 9 nitrogen and oxygen atoms in total. The van der Waals surface area contributed by atoms with E-state index in [-0.39, 0.29) is 40.9 Å². The van der Waals surface area contributed by atoms with Crippen molar-refractivity contribution in [1.29, 1.82) is 0 Å². The molecule has 2 heterocycles. The van der Waals surface area contributed by atoms with Crippen molar-refractivity contribution in [2.45, 2.75) is 32.1 Å². The standard InChI is InChI=1S/C30H28ClN5O4/c1-17-3-2-4-23-26(38)13-25-28(27(17)23)19(14-31)15-35(25)30(40)24-16-36(34-33-24)21-9-7-20(8-10-21)32-29(39)18-5-11-22(37)12-6-18/h2-5,7,9,11-13,16,18-19,37-38H,6,8,10,14-15H2,1H3,(H,32,39)/t18?,19-/m1/s1. The number of rotatable bonds is 5. The lowest BCUT2D eigenvalue weighted by molar-refractivity contribution is -0.122. The number of aromatic nitrogens is 3. The zero-order valence-electron chi connectivity index (χ0n) is 21.8. The van der Waals surface area contributed by atoms with E-state index in [0.29, 0.717) is 37.4 Å². The van der Waals surface area contributed by atoms with E-state index in [4.69, 9.17) is 11.6 Å². The Kier molecular flexibility index (Phi) is 6.67. The third-order valence-electron chi connectivity index (χ3n) is 7.74. The molecule has 1 aliphatic heterocycles. The zero-order valence-corrected chi connectivity index (χ0v) is 22.6. The van der Waals surface area contributed by atoms with E-state index in [1.165, 1.54) is 6.08 Å². The largest absolute Gasteiger partial charge is 0.508 e. The number of carbonyl (C=O) groups is 2. The molecule has 0 radical (unpaired) electrons. The number of halogens is 1. The van der Waals surface area contributed by atoms with Gasteiger partial charge in [-0.25, -0.2) is 4.68 Å². The van der Waals surface area contributed by atoms with Crippen molar-refractivity contribution in [3.8, 4) is 5.75 Å². The number of phenols is 1. The number of nitrogens with zero attached hydrogens (tertiary/aromatic N) is 4. The first-order chi connectivity index (χ1) is 19.3. The minimum absolute atomic E-state index is 0.0782. The van der Waals surface area contributed by atoms with Crippen molar-refractivity contribution in [2.24, 2.45) is 5.92 Å². The Hall–Kier alpha value is -4.37. The highest BCUT2D eigenvalue weighted by atomic mass is 35.5. The van der Waals surface area contributed by atoms with Gasteiger partial charge in [0.05, 0.1) is 17.8 Å². The summed E-state index contributed by atoms with van der Waals surface area (Å²) in [7, 11) is 0. The van der Waals surface area contributed by atoms with Crippen molar-refractivity contribution >= 4 is 45.6 Å². The average Bonchev–Trinajstić information content (AvgIpc) is 3.59.